The Labute approximate surface area is 170 Å². The molecule has 0 aliphatic carbocycles. The van der Waals surface area contributed by atoms with Gasteiger partial charge in [0.25, 0.3) is 0 Å². The van der Waals surface area contributed by atoms with Crippen molar-refractivity contribution in [1.82, 2.24) is 9.55 Å². The number of fused-ring (bicyclic) bond motifs is 1. The summed E-state index contributed by atoms with van der Waals surface area (Å²) in [5, 5.41) is 10.4. The highest BCUT2D eigenvalue weighted by Gasteiger charge is 2.31. The van der Waals surface area contributed by atoms with E-state index in [9.17, 15) is 23.1 Å². The minimum absolute atomic E-state index is 0.110. The van der Waals surface area contributed by atoms with Crippen LogP contribution in [0.5, 0.6) is 5.75 Å². The molecule has 1 heterocycles. The van der Waals surface area contributed by atoms with Gasteiger partial charge in [0.1, 0.15) is 5.75 Å². The van der Waals surface area contributed by atoms with Gasteiger partial charge in [0.2, 0.25) is 5.91 Å². The molecule has 3 N–H and O–H groups in total. The number of aryl methyl sites for hydroxylation is 1. The predicted molar refractivity (Wildman–Crippen MR) is 106 cm³/mol. The second kappa shape index (κ2) is 7.83. The molecule has 0 fully saturated rings. The number of hydrogen-bond acceptors (Lipinski definition) is 4. The summed E-state index contributed by atoms with van der Waals surface area (Å²) < 4.78 is 42.9. The van der Waals surface area contributed by atoms with E-state index >= 15 is 0 Å². The molecule has 0 saturated heterocycles. The number of alkyl halides is 3. The van der Waals surface area contributed by atoms with Crippen LogP contribution in [0.2, 0.25) is 0 Å². The van der Waals surface area contributed by atoms with E-state index in [0.29, 0.717) is 33.3 Å². The van der Waals surface area contributed by atoms with Crippen LogP contribution in [-0.4, -0.2) is 26.9 Å². The summed E-state index contributed by atoms with van der Waals surface area (Å²) in [5.41, 5.74) is 9.11. The van der Waals surface area contributed by atoms with Crippen LogP contribution in [0.3, 0.4) is 0 Å². The second-order valence-electron chi connectivity index (χ2n) is 6.94. The van der Waals surface area contributed by atoms with Crippen LogP contribution in [0.1, 0.15) is 24.2 Å². The van der Waals surface area contributed by atoms with Crippen LogP contribution in [0.15, 0.2) is 48.8 Å². The summed E-state index contributed by atoms with van der Waals surface area (Å²) >= 11 is 0. The van der Waals surface area contributed by atoms with Gasteiger partial charge in [-0.1, -0.05) is 18.7 Å². The van der Waals surface area contributed by atoms with Crippen LogP contribution in [0.4, 0.5) is 13.2 Å². The lowest BCUT2D eigenvalue weighted by atomic mass is 9.91. The smallest absolute Gasteiger partial charge is 0.406 e. The first-order valence-electron chi connectivity index (χ1n) is 8.96. The average molecular weight is 419 g/mol. The topological polar surface area (TPSA) is 90.4 Å². The van der Waals surface area contributed by atoms with Crippen molar-refractivity contribution in [3.63, 3.8) is 0 Å². The predicted octanol–water partition coefficient (Wildman–Crippen LogP) is 3.78. The number of amides is 1. The van der Waals surface area contributed by atoms with Crippen molar-refractivity contribution >= 4 is 16.9 Å². The minimum atomic E-state index is -4.78. The summed E-state index contributed by atoms with van der Waals surface area (Å²) in [4.78, 5) is 15.9. The number of carbonyl (C=O) groups excluding carboxylic acids is 1. The quantitative estimate of drug-likeness (QED) is 0.595. The van der Waals surface area contributed by atoms with Crippen molar-refractivity contribution in [3.8, 4) is 16.9 Å². The van der Waals surface area contributed by atoms with Gasteiger partial charge >= 0.3 is 6.36 Å². The molecular formula is C21H20F3N3O3. The van der Waals surface area contributed by atoms with Gasteiger partial charge in [-0.25, -0.2) is 4.98 Å². The highest BCUT2D eigenvalue weighted by atomic mass is 19.4. The Morgan fingerprint density at radius 3 is 2.50 bits per heavy atom. The summed E-state index contributed by atoms with van der Waals surface area (Å²) in [6, 6.07) is 7.13. The van der Waals surface area contributed by atoms with Crippen LogP contribution >= 0.6 is 0 Å². The third kappa shape index (κ3) is 4.30. The molecule has 3 aromatic rings. The van der Waals surface area contributed by atoms with Crippen molar-refractivity contribution in [1.29, 1.82) is 0 Å². The number of aromatic nitrogens is 2. The first-order valence-corrected chi connectivity index (χ1v) is 8.96. The van der Waals surface area contributed by atoms with Crippen molar-refractivity contribution < 1.29 is 27.8 Å². The molecule has 158 valence electrons. The van der Waals surface area contributed by atoms with Gasteiger partial charge in [-0.05, 0) is 36.2 Å². The van der Waals surface area contributed by atoms with Gasteiger partial charge in [-0.2, -0.15) is 0 Å². The van der Waals surface area contributed by atoms with E-state index in [2.05, 4.69) is 16.3 Å². The normalized spacial score (nSPS) is 12.7. The highest BCUT2D eigenvalue weighted by molar-refractivity contribution is 5.96. The number of imidazole rings is 1. The zero-order valence-corrected chi connectivity index (χ0v) is 16.3. The lowest BCUT2D eigenvalue weighted by molar-refractivity contribution is -0.274. The largest absolute Gasteiger partial charge is 0.573 e. The Morgan fingerprint density at radius 1 is 1.33 bits per heavy atom. The molecule has 1 atom stereocenters. The van der Waals surface area contributed by atoms with E-state index in [1.54, 1.807) is 30.9 Å². The van der Waals surface area contributed by atoms with E-state index in [0.717, 1.165) is 0 Å². The zero-order chi connectivity index (χ0) is 22.2. The van der Waals surface area contributed by atoms with Crippen molar-refractivity contribution in [2.45, 2.75) is 25.8 Å². The molecule has 30 heavy (non-hydrogen) atoms. The fourth-order valence-corrected chi connectivity index (χ4v) is 3.40. The van der Waals surface area contributed by atoms with E-state index in [1.807, 2.05) is 0 Å². The van der Waals surface area contributed by atoms with Gasteiger partial charge in [0.15, 0.2) is 0 Å². The molecule has 0 saturated carbocycles. The molecule has 0 bridgehead atoms. The number of carbonyl (C=O) groups is 1. The third-order valence-electron chi connectivity index (χ3n) is 4.68. The molecule has 1 aromatic heterocycles. The fourth-order valence-electron chi connectivity index (χ4n) is 3.40. The Bertz CT molecular complexity index is 1120. The summed E-state index contributed by atoms with van der Waals surface area (Å²) in [6.45, 7) is 5.28. The number of aliphatic hydroxyl groups is 1. The number of primary amides is 1. The first-order chi connectivity index (χ1) is 14.0. The van der Waals surface area contributed by atoms with Crippen LogP contribution in [0.25, 0.3) is 22.2 Å². The Kier molecular flexibility index (Phi) is 5.58. The van der Waals surface area contributed by atoms with Gasteiger partial charge < -0.3 is 20.1 Å². The molecular weight excluding hydrogens is 399 g/mol. The lowest BCUT2D eigenvalue weighted by Gasteiger charge is -2.18. The van der Waals surface area contributed by atoms with Crippen LogP contribution < -0.4 is 10.5 Å². The number of ether oxygens (including phenoxy) is 1. The molecule has 0 aliphatic rings. The number of nitrogens with two attached hydrogens (primary N) is 1. The number of hydrogen-bond donors (Lipinski definition) is 2. The SMILES string of the molecule is C=C(Cc1cc(-c2ccc(OC(F)(F)F)cc2)c2ncn(C)c2c1C(C)O)C(N)=O. The molecule has 3 rings (SSSR count). The highest BCUT2D eigenvalue weighted by Crippen LogP contribution is 2.37. The standard InChI is InChI=1S/C21H20F3N3O3/c1-11(20(25)29)8-14-9-16(13-4-6-15(7-5-13)30-21(22,23)24)18-19(17(14)12(2)28)27(3)10-26-18/h4-7,9-10,12,28H,1,8H2,2-3H3,(H2,25,29). The average Bonchev–Trinajstić information content (AvgIpc) is 3.01. The second-order valence-corrected chi connectivity index (χ2v) is 6.94. The van der Waals surface area contributed by atoms with Crippen molar-refractivity contribution in [2.24, 2.45) is 12.8 Å². The zero-order valence-electron chi connectivity index (χ0n) is 16.3. The van der Waals surface area contributed by atoms with Gasteiger partial charge in [0, 0.05) is 30.2 Å². The van der Waals surface area contributed by atoms with E-state index in [4.69, 9.17) is 5.73 Å². The number of rotatable bonds is 6. The van der Waals surface area contributed by atoms with Crippen LogP contribution in [-0.2, 0) is 18.3 Å². The first kappa shape index (κ1) is 21.4. The maximum Gasteiger partial charge on any atom is 0.573 e. The summed E-state index contributed by atoms with van der Waals surface area (Å²) in [6.07, 6.45) is -3.96. The third-order valence-corrected chi connectivity index (χ3v) is 4.68. The Balaban J connectivity index is 2.18. The Hall–Kier alpha value is -3.33. The fraction of sp³-hybridized carbons (Fsp3) is 0.238. The number of nitrogens with zero attached hydrogens (tertiary/aromatic N) is 2. The molecule has 0 aliphatic heterocycles. The Morgan fingerprint density at radius 2 is 1.97 bits per heavy atom. The number of halogens is 3. The monoisotopic (exact) mass is 419 g/mol. The lowest BCUT2D eigenvalue weighted by Crippen LogP contribution is -2.17. The van der Waals surface area contributed by atoms with E-state index in [1.165, 1.54) is 24.3 Å². The maximum absolute atomic E-state index is 12.4. The van der Waals surface area contributed by atoms with Gasteiger partial charge in [-0.3, -0.25) is 4.79 Å². The number of benzene rings is 2. The molecule has 0 radical (unpaired) electrons. The molecule has 0 spiro atoms. The molecule has 1 unspecified atom stereocenters. The molecule has 6 nitrogen and oxygen atoms in total. The summed E-state index contributed by atoms with van der Waals surface area (Å²) in [5.74, 6) is -1.00. The summed E-state index contributed by atoms with van der Waals surface area (Å²) in [7, 11) is 1.76. The molecule has 1 amide bonds. The number of aliphatic hydroxyl groups excluding tert-OH is 1. The maximum atomic E-state index is 12.4. The van der Waals surface area contributed by atoms with Crippen LogP contribution in [0, 0.1) is 0 Å². The van der Waals surface area contributed by atoms with Gasteiger partial charge in [0.05, 0.1) is 23.5 Å². The van der Waals surface area contributed by atoms with Crippen molar-refractivity contribution in [2.75, 3.05) is 0 Å². The molecule has 9 heteroatoms. The van der Waals surface area contributed by atoms with E-state index < -0.39 is 18.4 Å². The van der Waals surface area contributed by atoms with Crippen molar-refractivity contribution in [3.05, 3.63) is 59.9 Å². The molecule has 2 aromatic carbocycles. The minimum Gasteiger partial charge on any atom is -0.406 e. The van der Waals surface area contributed by atoms with Gasteiger partial charge in [-0.15, -0.1) is 13.2 Å². The van der Waals surface area contributed by atoms with E-state index in [-0.39, 0.29) is 17.7 Å².